The molecule has 0 spiro atoms. The fourth-order valence-electron chi connectivity index (χ4n) is 1.60. The molecule has 0 radical (unpaired) electrons. The van der Waals surface area contributed by atoms with Crippen molar-refractivity contribution in [1.82, 2.24) is 9.55 Å². The number of imidazole rings is 1. The summed E-state index contributed by atoms with van der Waals surface area (Å²) in [5, 5.41) is 0. The van der Waals surface area contributed by atoms with Crippen molar-refractivity contribution in [2.45, 2.75) is 26.9 Å². The molecule has 0 atom stereocenters. The lowest BCUT2D eigenvalue weighted by Gasteiger charge is -2.06. The summed E-state index contributed by atoms with van der Waals surface area (Å²) in [5.74, 6) is 0. The van der Waals surface area contributed by atoms with E-state index in [1.54, 1.807) is 12.3 Å². The Labute approximate surface area is 97.0 Å². The van der Waals surface area contributed by atoms with Gasteiger partial charge < -0.3 is 10.3 Å². The first kappa shape index (κ1) is 12.5. The lowest BCUT2D eigenvalue weighted by Crippen LogP contribution is -2.07. The zero-order valence-electron chi connectivity index (χ0n) is 9.98. The van der Waals surface area contributed by atoms with E-state index < -0.39 is 0 Å². The summed E-state index contributed by atoms with van der Waals surface area (Å²) in [5.41, 5.74) is 9.13. The molecule has 0 aromatic carbocycles. The maximum absolute atomic E-state index is 5.61. The summed E-state index contributed by atoms with van der Waals surface area (Å²) in [7, 11) is 0. The molecular formula is C13H19N3. The van der Waals surface area contributed by atoms with Gasteiger partial charge in [-0.15, -0.1) is 0 Å². The summed E-state index contributed by atoms with van der Waals surface area (Å²) in [6.07, 6.45) is 9.54. The molecule has 0 aliphatic rings. The first-order valence-electron chi connectivity index (χ1n) is 5.33. The van der Waals surface area contributed by atoms with Crippen molar-refractivity contribution in [3.8, 4) is 0 Å². The fraction of sp³-hybridized carbons (Fsp3) is 0.308. The number of nitrogens with two attached hydrogens (primary N) is 1. The van der Waals surface area contributed by atoms with Crippen LogP contribution in [0.25, 0.3) is 0 Å². The highest BCUT2D eigenvalue weighted by Gasteiger charge is 1.99. The highest BCUT2D eigenvalue weighted by molar-refractivity contribution is 5.24. The van der Waals surface area contributed by atoms with Crippen molar-refractivity contribution in [3.05, 3.63) is 54.2 Å². The van der Waals surface area contributed by atoms with Crippen molar-refractivity contribution in [2.75, 3.05) is 0 Å². The number of nitrogens with zero attached hydrogens (tertiary/aromatic N) is 2. The molecule has 0 bridgehead atoms. The molecule has 0 saturated heterocycles. The summed E-state index contributed by atoms with van der Waals surface area (Å²) < 4.78 is 2.06. The van der Waals surface area contributed by atoms with Gasteiger partial charge in [-0.2, -0.15) is 0 Å². The molecule has 86 valence electrons. The van der Waals surface area contributed by atoms with Gasteiger partial charge in [0.15, 0.2) is 0 Å². The van der Waals surface area contributed by atoms with E-state index in [1.807, 2.05) is 12.4 Å². The molecule has 0 saturated carbocycles. The highest BCUT2D eigenvalue weighted by Crippen LogP contribution is 2.07. The van der Waals surface area contributed by atoms with Crippen LogP contribution in [0.5, 0.6) is 0 Å². The molecular weight excluding hydrogens is 198 g/mol. The lowest BCUT2D eigenvalue weighted by atomic mass is 10.2. The van der Waals surface area contributed by atoms with Gasteiger partial charge in [0, 0.05) is 19.3 Å². The van der Waals surface area contributed by atoms with Crippen LogP contribution in [0, 0.1) is 0 Å². The zero-order chi connectivity index (χ0) is 12.0. The maximum Gasteiger partial charge on any atom is 0.0951 e. The lowest BCUT2D eigenvalue weighted by molar-refractivity contribution is 0.729. The Morgan fingerprint density at radius 1 is 1.56 bits per heavy atom. The van der Waals surface area contributed by atoms with Crippen LogP contribution in [0.2, 0.25) is 0 Å². The third-order valence-electron chi connectivity index (χ3n) is 2.28. The van der Waals surface area contributed by atoms with Gasteiger partial charge in [-0.25, -0.2) is 4.98 Å². The van der Waals surface area contributed by atoms with Crippen molar-refractivity contribution < 1.29 is 0 Å². The molecule has 1 heterocycles. The van der Waals surface area contributed by atoms with Crippen LogP contribution in [0.15, 0.2) is 48.5 Å². The van der Waals surface area contributed by atoms with Crippen LogP contribution >= 0.6 is 0 Å². The van der Waals surface area contributed by atoms with Crippen LogP contribution < -0.4 is 5.73 Å². The molecule has 0 amide bonds. The van der Waals surface area contributed by atoms with E-state index in [4.69, 9.17) is 5.73 Å². The second-order valence-corrected chi connectivity index (χ2v) is 3.85. The number of hydrogen-bond donors (Lipinski definition) is 1. The normalized spacial score (nSPS) is 12.9. The monoisotopic (exact) mass is 217 g/mol. The van der Waals surface area contributed by atoms with Gasteiger partial charge in [-0.05, 0) is 13.8 Å². The van der Waals surface area contributed by atoms with Crippen LogP contribution in [0.3, 0.4) is 0 Å². The Hall–Kier alpha value is -1.61. The van der Waals surface area contributed by atoms with Gasteiger partial charge in [-0.3, -0.25) is 0 Å². The third kappa shape index (κ3) is 3.51. The van der Waals surface area contributed by atoms with Gasteiger partial charge in [0.1, 0.15) is 0 Å². The van der Waals surface area contributed by atoms with Gasteiger partial charge in [0.25, 0.3) is 0 Å². The molecule has 1 aromatic rings. The summed E-state index contributed by atoms with van der Waals surface area (Å²) >= 11 is 0. The Bertz CT molecular complexity index is 411. The molecule has 1 rings (SSSR count). The van der Waals surface area contributed by atoms with E-state index in [0.717, 1.165) is 12.2 Å². The highest BCUT2D eigenvalue weighted by atomic mass is 15.0. The van der Waals surface area contributed by atoms with Crippen LogP contribution in [0.1, 0.15) is 19.5 Å². The van der Waals surface area contributed by atoms with Gasteiger partial charge in [-0.1, -0.05) is 36.0 Å². The molecule has 3 nitrogen and oxygen atoms in total. The van der Waals surface area contributed by atoms with Crippen LogP contribution in [-0.4, -0.2) is 9.55 Å². The van der Waals surface area contributed by atoms with Gasteiger partial charge >= 0.3 is 0 Å². The number of aromatic nitrogens is 2. The quantitative estimate of drug-likeness (QED) is 0.770. The summed E-state index contributed by atoms with van der Waals surface area (Å²) in [6, 6.07) is 0. The Morgan fingerprint density at radius 2 is 2.31 bits per heavy atom. The van der Waals surface area contributed by atoms with Crippen LogP contribution in [0.4, 0.5) is 0 Å². The smallest absolute Gasteiger partial charge is 0.0951 e. The predicted octanol–water partition coefficient (Wildman–Crippen LogP) is 2.42. The van der Waals surface area contributed by atoms with Crippen molar-refractivity contribution in [1.29, 1.82) is 0 Å². The van der Waals surface area contributed by atoms with E-state index in [9.17, 15) is 0 Å². The molecule has 2 N–H and O–H groups in total. The second kappa shape index (κ2) is 6.08. The molecule has 1 aromatic heterocycles. The second-order valence-electron chi connectivity index (χ2n) is 3.85. The molecule has 0 unspecified atom stereocenters. The van der Waals surface area contributed by atoms with E-state index >= 15 is 0 Å². The minimum absolute atomic E-state index is 0.523. The number of rotatable bonds is 5. The topological polar surface area (TPSA) is 43.8 Å². The summed E-state index contributed by atoms with van der Waals surface area (Å²) in [6.45, 7) is 9.18. The van der Waals surface area contributed by atoms with E-state index in [2.05, 4.69) is 36.1 Å². The van der Waals surface area contributed by atoms with E-state index in [0.29, 0.717) is 6.54 Å². The molecule has 16 heavy (non-hydrogen) atoms. The molecule has 3 heteroatoms. The molecule has 0 aliphatic heterocycles. The van der Waals surface area contributed by atoms with Gasteiger partial charge in [0.05, 0.1) is 12.0 Å². The maximum atomic E-state index is 5.61. The van der Waals surface area contributed by atoms with Crippen molar-refractivity contribution in [2.24, 2.45) is 5.73 Å². The number of allylic oxidation sites excluding steroid dienone is 5. The first-order chi connectivity index (χ1) is 7.67. The Morgan fingerprint density at radius 3 is 2.94 bits per heavy atom. The van der Waals surface area contributed by atoms with E-state index in [1.165, 1.54) is 11.1 Å². The average molecular weight is 217 g/mol. The zero-order valence-corrected chi connectivity index (χ0v) is 9.98. The first-order valence-corrected chi connectivity index (χ1v) is 5.33. The third-order valence-corrected chi connectivity index (χ3v) is 2.28. The SMILES string of the molecule is C=C/C=C(C)\C=C(/C)Cn1cncc1CN. The predicted molar refractivity (Wildman–Crippen MR) is 67.8 cm³/mol. The standard InChI is InChI=1S/C13H19N3/c1-4-5-11(2)6-12(3)9-16-10-15-8-13(16)7-14/h4-6,8,10H,1,7,9,14H2,2-3H3/b11-5-,12-6+. The van der Waals surface area contributed by atoms with E-state index in [-0.39, 0.29) is 0 Å². The van der Waals surface area contributed by atoms with Crippen molar-refractivity contribution >= 4 is 0 Å². The molecule has 0 fully saturated rings. The minimum atomic E-state index is 0.523. The minimum Gasteiger partial charge on any atom is -0.329 e. The summed E-state index contributed by atoms with van der Waals surface area (Å²) in [4.78, 5) is 4.09. The Balaban J connectivity index is 2.74. The number of hydrogen-bond acceptors (Lipinski definition) is 2. The van der Waals surface area contributed by atoms with Crippen molar-refractivity contribution in [3.63, 3.8) is 0 Å². The average Bonchev–Trinajstić information content (AvgIpc) is 2.65. The largest absolute Gasteiger partial charge is 0.329 e. The Kier molecular flexibility index (Phi) is 4.73. The molecule has 0 aliphatic carbocycles. The van der Waals surface area contributed by atoms with Crippen LogP contribution in [-0.2, 0) is 13.1 Å². The van der Waals surface area contributed by atoms with Gasteiger partial charge in [0.2, 0.25) is 0 Å². The fourth-order valence-corrected chi connectivity index (χ4v) is 1.60.